The molecule has 10 heteroatoms. The maximum Gasteiger partial charge on any atom is 0.335 e. The number of nitrogens with zero attached hydrogens (tertiary/aromatic N) is 1. The zero-order valence-electron chi connectivity index (χ0n) is 17.6. The molecule has 2 N–H and O–H groups in total. The highest BCUT2D eigenvalue weighted by Gasteiger charge is 2.25. The van der Waals surface area contributed by atoms with Gasteiger partial charge in [0.05, 0.1) is 21.0 Å². The maximum absolute atomic E-state index is 13.0. The molecule has 0 bridgehead atoms. The van der Waals surface area contributed by atoms with E-state index in [9.17, 15) is 26.7 Å². The van der Waals surface area contributed by atoms with Crippen LogP contribution in [-0.4, -0.2) is 45.3 Å². The first-order valence-electron chi connectivity index (χ1n) is 9.33. The molecule has 2 rings (SSSR count). The fraction of sp³-hybridized carbons (Fsp3) is 0.350. The highest BCUT2D eigenvalue weighted by Crippen LogP contribution is 2.29. The number of carboxylic acids is 1. The Bertz CT molecular complexity index is 1180. The maximum atomic E-state index is 13.0. The second kappa shape index (κ2) is 8.75. The molecule has 0 aromatic heterocycles. The van der Waals surface area contributed by atoms with Gasteiger partial charge < -0.3 is 5.11 Å². The monoisotopic (exact) mass is 454 g/mol. The number of hydrogen-bond donors (Lipinski definition) is 2. The van der Waals surface area contributed by atoms with Gasteiger partial charge in [-0.1, -0.05) is 19.9 Å². The number of anilines is 1. The van der Waals surface area contributed by atoms with Crippen molar-refractivity contribution in [1.29, 1.82) is 0 Å². The third-order valence-electron chi connectivity index (χ3n) is 4.95. The SMILES string of the molecule is CCN(CC)S(=O)(=O)c1cc(C)c(C)c(NS(=O)(=O)c2cc(C(=O)O)ccc2C)c1. The van der Waals surface area contributed by atoms with E-state index in [0.29, 0.717) is 16.7 Å². The smallest absolute Gasteiger partial charge is 0.335 e. The molecule has 0 aliphatic carbocycles. The standard InChI is InChI=1S/C20H26N2O6S2/c1-6-22(7-2)30(27,28)17-10-14(4)15(5)18(12-17)21-29(25,26)19-11-16(20(23)24)9-8-13(19)3/h8-12,21H,6-7H2,1-5H3,(H,23,24). The molecule has 0 aliphatic rings. The van der Waals surface area contributed by atoms with Crippen LogP contribution in [0.1, 0.15) is 40.9 Å². The van der Waals surface area contributed by atoms with Gasteiger partial charge in [-0.15, -0.1) is 0 Å². The van der Waals surface area contributed by atoms with Gasteiger partial charge in [-0.2, -0.15) is 4.31 Å². The lowest BCUT2D eigenvalue weighted by Crippen LogP contribution is -2.30. The van der Waals surface area contributed by atoms with Crippen LogP contribution in [-0.2, 0) is 20.0 Å². The highest BCUT2D eigenvalue weighted by atomic mass is 32.2. The lowest BCUT2D eigenvalue weighted by molar-refractivity contribution is 0.0696. The summed E-state index contributed by atoms with van der Waals surface area (Å²) in [6.45, 7) is 8.96. The van der Waals surface area contributed by atoms with E-state index in [2.05, 4.69) is 4.72 Å². The van der Waals surface area contributed by atoms with Gasteiger partial charge in [-0.3, -0.25) is 4.72 Å². The molecule has 2 aromatic rings. The molecule has 0 amide bonds. The average molecular weight is 455 g/mol. The first-order chi connectivity index (χ1) is 13.8. The minimum atomic E-state index is -4.15. The zero-order valence-corrected chi connectivity index (χ0v) is 19.2. The summed E-state index contributed by atoms with van der Waals surface area (Å²) in [5.41, 5.74) is 1.52. The van der Waals surface area contributed by atoms with Gasteiger partial charge in [0.15, 0.2) is 0 Å². The van der Waals surface area contributed by atoms with Crippen molar-refractivity contribution in [1.82, 2.24) is 4.31 Å². The first kappa shape index (κ1) is 23.8. The highest BCUT2D eigenvalue weighted by molar-refractivity contribution is 7.92. The number of aromatic carboxylic acids is 1. The van der Waals surface area contributed by atoms with Crippen molar-refractivity contribution in [2.45, 2.75) is 44.4 Å². The summed E-state index contributed by atoms with van der Waals surface area (Å²) in [7, 11) is -7.94. The first-order valence-corrected chi connectivity index (χ1v) is 12.3. The minimum Gasteiger partial charge on any atom is -0.478 e. The van der Waals surface area contributed by atoms with Crippen LogP contribution in [0.5, 0.6) is 0 Å². The average Bonchev–Trinajstić information content (AvgIpc) is 2.65. The van der Waals surface area contributed by atoms with E-state index < -0.39 is 26.0 Å². The molecular formula is C20H26N2O6S2. The molecule has 164 valence electrons. The van der Waals surface area contributed by atoms with E-state index >= 15 is 0 Å². The Morgan fingerprint density at radius 2 is 1.57 bits per heavy atom. The molecule has 0 radical (unpaired) electrons. The molecule has 0 saturated heterocycles. The Kier molecular flexibility index (Phi) is 6.95. The number of aryl methyl sites for hydroxylation is 2. The Morgan fingerprint density at radius 3 is 2.10 bits per heavy atom. The molecule has 0 unspecified atom stereocenters. The van der Waals surface area contributed by atoms with Gasteiger partial charge in [0.25, 0.3) is 10.0 Å². The normalized spacial score (nSPS) is 12.2. The number of sulfonamides is 2. The molecule has 0 fully saturated rings. The number of rotatable bonds is 8. The van der Waals surface area contributed by atoms with Gasteiger partial charge in [0.2, 0.25) is 10.0 Å². The van der Waals surface area contributed by atoms with Crippen LogP contribution in [0.15, 0.2) is 40.1 Å². The predicted octanol–water partition coefficient (Wildman–Crippen LogP) is 3.14. The molecule has 2 aromatic carbocycles. The van der Waals surface area contributed by atoms with Crippen molar-refractivity contribution in [3.8, 4) is 0 Å². The van der Waals surface area contributed by atoms with Crippen LogP contribution in [0.3, 0.4) is 0 Å². The van der Waals surface area contributed by atoms with E-state index in [1.807, 2.05) is 0 Å². The Labute approximate surface area is 177 Å². The summed E-state index contributed by atoms with van der Waals surface area (Å²) >= 11 is 0. The van der Waals surface area contributed by atoms with E-state index in [0.717, 1.165) is 6.07 Å². The van der Waals surface area contributed by atoms with Crippen LogP contribution >= 0.6 is 0 Å². The summed E-state index contributed by atoms with van der Waals surface area (Å²) in [6, 6.07) is 6.63. The topological polar surface area (TPSA) is 121 Å². The van der Waals surface area contributed by atoms with E-state index in [1.54, 1.807) is 34.6 Å². The summed E-state index contributed by atoms with van der Waals surface area (Å²) in [4.78, 5) is 11.0. The fourth-order valence-corrected chi connectivity index (χ4v) is 5.97. The van der Waals surface area contributed by atoms with Gasteiger partial charge in [-0.05, 0) is 61.7 Å². The quantitative estimate of drug-likeness (QED) is 0.632. The number of hydrogen-bond acceptors (Lipinski definition) is 5. The van der Waals surface area contributed by atoms with E-state index in [-0.39, 0.29) is 34.1 Å². The van der Waals surface area contributed by atoms with Gasteiger partial charge in [0.1, 0.15) is 0 Å². The van der Waals surface area contributed by atoms with Crippen molar-refractivity contribution < 1.29 is 26.7 Å². The van der Waals surface area contributed by atoms with E-state index in [4.69, 9.17) is 0 Å². The van der Waals surface area contributed by atoms with Gasteiger partial charge in [0, 0.05) is 13.1 Å². The number of carbonyl (C=O) groups is 1. The zero-order chi connectivity index (χ0) is 22.9. The van der Waals surface area contributed by atoms with Gasteiger partial charge in [-0.25, -0.2) is 21.6 Å². The minimum absolute atomic E-state index is 0.0111. The molecular weight excluding hydrogens is 428 g/mol. The summed E-state index contributed by atoms with van der Waals surface area (Å²) in [5.74, 6) is -1.24. The molecule has 30 heavy (non-hydrogen) atoms. The largest absolute Gasteiger partial charge is 0.478 e. The Balaban J connectivity index is 2.60. The third-order valence-corrected chi connectivity index (χ3v) is 8.49. The second-order valence-electron chi connectivity index (χ2n) is 6.89. The number of benzene rings is 2. The Hall–Kier alpha value is -2.43. The molecule has 0 aliphatic heterocycles. The molecule has 0 heterocycles. The van der Waals surface area contributed by atoms with Crippen molar-refractivity contribution in [3.05, 3.63) is 52.6 Å². The van der Waals surface area contributed by atoms with Crippen molar-refractivity contribution in [2.24, 2.45) is 0 Å². The summed E-state index contributed by atoms with van der Waals surface area (Å²) in [5, 5.41) is 9.17. The second-order valence-corrected chi connectivity index (χ2v) is 10.5. The van der Waals surface area contributed by atoms with Crippen LogP contribution in [0.4, 0.5) is 5.69 Å². The van der Waals surface area contributed by atoms with Crippen molar-refractivity contribution in [3.63, 3.8) is 0 Å². The van der Waals surface area contributed by atoms with E-state index in [1.165, 1.54) is 28.6 Å². The molecule has 0 saturated carbocycles. The number of nitrogens with one attached hydrogen (secondary N) is 1. The van der Waals surface area contributed by atoms with Crippen LogP contribution < -0.4 is 4.72 Å². The van der Waals surface area contributed by atoms with Crippen LogP contribution in [0, 0.1) is 20.8 Å². The van der Waals surface area contributed by atoms with Gasteiger partial charge >= 0.3 is 5.97 Å². The van der Waals surface area contributed by atoms with Crippen molar-refractivity contribution >= 4 is 31.7 Å². The molecule has 0 spiro atoms. The lowest BCUT2D eigenvalue weighted by Gasteiger charge is -2.21. The third kappa shape index (κ3) is 4.66. The number of carboxylic acid groups (broad SMARTS) is 1. The fourth-order valence-electron chi connectivity index (χ4n) is 3.02. The molecule has 0 atom stereocenters. The predicted molar refractivity (Wildman–Crippen MR) is 115 cm³/mol. The summed E-state index contributed by atoms with van der Waals surface area (Å²) < 4.78 is 55.5. The van der Waals surface area contributed by atoms with Crippen LogP contribution in [0.25, 0.3) is 0 Å². The molecule has 8 nitrogen and oxygen atoms in total. The van der Waals surface area contributed by atoms with Crippen molar-refractivity contribution in [2.75, 3.05) is 17.8 Å². The lowest BCUT2D eigenvalue weighted by atomic mass is 10.1. The summed E-state index contributed by atoms with van der Waals surface area (Å²) in [6.07, 6.45) is 0. The van der Waals surface area contributed by atoms with Crippen LogP contribution in [0.2, 0.25) is 0 Å². The Morgan fingerprint density at radius 1 is 0.967 bits per heavy atom.